The highest BCUT2D eigenvalue weighted by molar-refractivity contribution is 5.19. The van der Waals surface area contributed by atoms with Crippen LogP contribution in [0.15, 0.2) is 30.3 Å². The lowest BCUT2D eigenvalue weighted by molar-refractivity contribution is 0.148. The van der Waals surface area contributed by atoms with Gasteiger partial charge in [0.25, 0.3) is 0 Å². The van der Waals surface area contributed by atoms with Gasteiger partial charge in [-0.15, -0.1) is 0 Å². The molecule has 2 fully saturated rings. The molecule has 3 heterocycles. The summed E-state index contributed by atoms with van der Waals surface area (Å²) in [5.74, 6) is 2.83. The quantitative estimate of drug-likeness (QED) is 0.908. The van der Waals surface area contributed by atoms with Crippen LogP contribution in [0.4, 0.5) is 0 Å². The molecule has 1 spiro atoms. The standard InChI is InChI=1S/C18H25N5/c1-13(2)16-20-17(22-21-16)15-9-23(12-18(15)10-19-11-18)8-14-6-4-3-5-7-14/h3-7,13,15,19H,8-12H2,1-2H3,(H,20,21,22). The molecule has 4 rings (SSSR count). The average molecular weight is 311 g/mol. The second kappa shape index (κ2) is 5.73. The van der Waals surface area contributed by atoms with Crippen LogP contribution in [0.25, 0.3) is 0 Å². The SMILES string of the molecule is CC(C)c1n[nH]c(C2CN(Cc3ccccc3)CC23CNC3)n1. The number of aromatic amines is 1. The molecular weight excluding hydrogens is 286 g/mol. The second-order valence-corrected chi connectivity index (χ2v) is 7.41. The van der Waals surface area contributed by atoms with Crippen LogP contribution in [0.2, 0.25) is 0 Å². The highest BCUT2D eigenvalue weighted by atomic mass is 15.3. The smallest absolute Gasteiger partial charge is 0.153 e. The number of nitrogens with zero attached hydrogens (tertiary/aromatic N) is 3. The van der Waals surface area contributed by atoms with Gasteiger partial charge in [-0.25, -0.2) is 4.98 Å². The predicted molar refractivity (Wildman–Crippen MR) is 90.2 cm³/mol. The zero-order valence-electron chi connectivity index (χ0n) is 13.9. The molecule has 122 valence electrons. The summed E-state index contributed by atoms with van der Waals surface area (Å²) in [5, 5.41) is 11.1. The van der Waals surface area contributed by atoms with Gasteiger partial charge in [-0.1, -0.05) is 44.2 Å². The Labute approximate surface area is 137 Å². The monoisotopic (exact) mass is 311 g/mol. The Bertz CT molecular complexity index is 659. The number of H-pyrrole nitrogens is 1. The molecule has 0 amide bonds. The summed E-state index contributed by atoms with van der Waals surface area (Å²) in [6, 6.07) is 10.7. The maximum atomic E-state index is 4.79. The van der Waals surface area contributed by atoms with Crippen LogP contribution >= 0.6 is 0 Å². The van der Waals surface area contributed by atoms with E-state index in [9.17, 15) is 0 Å². The molecule has 2 saturated heterocycles. The summed E-state index contributed by atoms with van der Waals surface area (Å²) in [7, 11) is 0. The Morgan fingerprint density at radius 3 is 2.65 bits per heavy atom. The van der Waals surface area contributed by atoms with Gasteiger partial charge < -0.3 is 5.32 Å². The Morgan fingerprint density at radius 2 is 2.04 bits per heavy atom. The normalized spacial score (nSPS) is 23.5. The van der Waals surface area contributed by atoms with Gasteiger partial charge in [-0.05, 0) is 5.56 Å². The zero-order chi connectivity index (χ0) is 15.9. The predicted octanol–water partition coefficient (Wildman–Crippen LogP) is 2.12. The van der Waals surface area contributed by atoms with E-state index in [1.54, 1.807) is 0 Å². The molecule has 0 saturated carbocycles. The fraction of sp³-hybridized carbons (Fsp3) is 0.556. The first-order valence-corrected chi connectivity index (χ1v) is 8.55. The van der Waals surface area contributed by atoms with E-state index in [1.165, 1.54) is 5.56 Å². The zero-order valence-corrected chi connectivity index (χ0v) is 13.9. The molecule has 1 atom stereocenters. The van der Waals surface area contributed by atoms with Crippen molar-refractivity contribution in [3.8, 4) is 0 Å². The molecule has 1 aromatic heterocycles. The van der Waals surface area contributed by atoms with Crippen molar-refractivity contribution in [3.05, 3.63) is 47.5 Å². The first kappa shape index (κ1) is 14.8. The van der Waals surface area contributed by atoms with E-state index in [2.05, 4.69) is 64.6 Å². The third-order valence-corrected chi connectivity index (χ3v) is 5.29. The van der Waals surface area contributed by atoms with Crippen molar-refractivity contribution in [2.75, 3.05) is 26.2 Å². The van der Waals surface area contributed by atoms with E-state index in [0.717, 1.165) is 44.4 Å². The van der Waals surface area contributed by atoms with Gasteiger partial charge >= 0.3 is 0 Å². The van der Waals surface area contributed by atoms with Crippen LogP contribution in [-0.4, -0.2) is 46.3 Å². The molecule has 0 radical (unpaired) electrons. The third-order valence-electron chi connectivity index (χ3n) is 5.29. The number of benzene rings is 1. The molecule has 1 aromatic carbocycles. The molecule has 5 nitrogen and oxygen atoms in total. The topological polar surface area (TPSA) is 56.8 Å². The number of rotatable bonds is 4. The number of aromatic nitrogens is 3. The Kier molecular flexibility index (Phi) is 3.70. The van der Waals surface area contributed by atoms with E-state index >= 15 is 0 Å². The summed E-state index contributed by atoms with van der Waals surface area (Å²) < 4.78 is 0. The highest BCUT2D eigenvalue weighted by Gasteiger charge is 2.52. The van der Waals surface area contributed by atoms with Gasteiger partial charge in [0.05, 0.1) is 0 Å². The van der Waals surface area contributed by atoms with Gasteiger partial charge in [0.2, 0.25) is 0 Å². The maximum absolute atomic E-state index is 4.79. The summed E-state index contributed by atoms with van der Waals surface area (Å²) >= 11 is 0. The molecule has 23 heavy (non-hydrogen) atoms. The van der Waals surface area contributed by atoms with Crippen LogP contribution in [0.1, 0.15) is 42.9 Å². The Morgan fingerprint density at radius 1 is 1.26 bits per heavy atom. The first-order chi connectivity index (χ1) is 11.2. The Hall–Kier alpha value is -1.72. The summed E-state index contributed by atoms with van der Waals surface area (Å²) in [5.41, 5.74) is 1.71. The molecule has 2 aromatic rings. The summed E-state index contributed by atoms with van der Waals surface area (Å²) in [6.45, 7) is 9.67. The summed E-state index contributed by atoms with van der Waals surface area (Å²) in [6.07, 6.45) is 0. The molecule has 1 unspecified atom stereocenters. The summed E-state index contributed by atoms with van der Waals surface area (Å²) in [4.78, 5) is 7.36. The van der Waals surface area contributed by atoms with E-state index in [4.69, 9.17) is 4.98 Å². The van der Waals surface area contributed by atoms with Crippen LogP contribution in [-0.2, 0) is 6.54 Å². The largest absolute Gasteiger partial charge is 0.315 e. The van der Waals surface area contributed by atoms with E-state index < -0.39 is 0 Å². The molecular formula is C18H25N5. The molecule has 2 aliphatic heterocycles. The number of hydrogen-bond donors (Lipinski definition) is 2. The molecule has 0 bridgehead atoms. The first-order valence-electron chi connectivity index (χ1n) is 8.55. The minimum atomic E-state index is 0.322. The van der Waals surface area contributed by atoms with Crippen molar-refractivity contribution < 1.29 is 0 Å². The lowest BCUT2D eigenvalue weighted by Gasteiger charge is -2.43. The van der Waals surface area contributed by atoms with Crippen molar-refractivity contribution in [1.29, 1.82) is 0 Å². The fourth-order valence-corrected chi connectivity index (χ4v) is 3.92. The number of hydrogen-bond acceptors (Lipinski definition) is 4. The van der Waals surface area contributed by atoms with Crippen molar-refractivity contribution in [1.82, 2.24) is 25.4 Å². The molecule has 5 heteroatoms. The maximum Gasteiger partial charge on any atom is 0.153 e. The second-order valence-electron chi connectivity index (χ2n) is 7.41. The highest BCUT2D eigenvalue weighted by Crippen LogP contribution is 2.45. The van der Waals surface area contributed by atoms with Gasteiger partial charge in [-0.2, -0.15) is 5.10 Å². The minimum Gasteiger partial charge on any atom is -0.315 e. The molecule has 2 aliphatic rings. The fourth-order valence-electron chi connectivity index (χ4n) is 3.92. The molecule has 0 aliphatic carbocycles. The number of likely N-dealkylation sites (tertiary alicyclic amines) is 1. The van der Waals surface area contributed by atoms with Crippen molar-refractivity contribution in [3.63, 3.8) is 0 Å². The van der Waals surface area contributed by atoms with Crippen LogP contribution in [0.5, 0.6) is 0 Å². The van der Waals surface area contributed by atoms with Gasteiger partial charge in [0, 0.05) is 50.0 Å². The van der Waals surface area contributed by atoms with Gasteiger partial charge in [0.15, 0.2) is 5.82 Å². The van der Waals surface area contributed by atoms with Crippen molar-refractivity contribution in [2.45, 2.75) is 32.2 Å². The molecule has 2 N–H and O–H groups in total. The van der Waals surface area contributed by atoms with Crippen LogP contribution in [0, 0.1) is 5.41 Å². The van der Waals surface area contributed by atoms with Crippen LogP contribution in [0.3, 0.4) is 0 Å². The lowest BCUT2D eigenvalue weighted by atomic mass is 9.73. The number of nitrogens with one attached hydrogen (secondary N) is 2. The minimum absolute atomic E-state index is 0.322. The average Bonchev–Trinajstić information content (AvgIpc) is 3.12. The van der Waals surface area contributed by atoms with Crippen LogP contribution < -0.4 is 5.32 Å². The van der Waals surface area contributed by atoms with Crippen molar-refractivity contribution in [2.24, 2.45) is 5.41 Å². The van der Waals surface area contributed by atoms with E-state index in [0.29, 0.717) is 17.3 Å². The Balaban J connectivity index is 1.54. The third kappa shape index (κ3) is 2.68. The lowest BCUT2D eigenvalue weighted by Crippen LogP contribution is -2.57. The van der Waals surface area contributed by atoms with Gasteiger partial charge in [-0.3, -0.25) is 10.00 Å². The van der Waals surface area contributed by atoms with E-state index in [-0.39, 0.29) is 0 Å². The van der Waals surface area contributed by atoms with Crippen molar-refractivity contribution >= 4 is 0 Å². The van der Waals surface area contributed by atoms with E-state index in [1.807, 2.05) is 0 Å². The van der Waals surface area contributed by atoms with Gasteiger partial charge in [0.1, 0.15) is 5.82 Å².